The summed E-state index contributed by atoms with van der Waals surface area (Å²) >= 11 is 0. The summed E-state index contributed by atoms with van der Waals surface area (Å²) in [5, 5.41) is 14.8. The summed E-state index contributed by atoms with van der Waals surface area (Å²) in [7, 11) is 2.09. The van der Waals surface area contributed by atoms with E-state index >= 15 is 0 Å². The third-order valence-electron chi connectivity index (χ3n) is 6.58. The van der Waals surface area contributed by atoms with Gasteiger partial charge in [0, 0.05) is 31.1 Å². The van der Waals surface area contributed by atoms with Crippen molar-refractivity contribution in [1.82, 2.24) is 4.90 Å². The predicted octanol–water partition coefficient (Wildman–Crippen LogP) is 7.69. The largest absolute Gasteiger partial charge is 0.357 e. The van der Waals surface area contributed by atoms with Crippen LogP contribution in [-0.4, -0.2) is 36.9 Å². The average Bonchev–Trinajstić information content (AvgIpc) is 3.33. The maximum atomic E-state index is 7.96. The quantitative estimate of drug-likeness (QED) is 0.0829. The highest BCUT2D eigenvalue weighted by molar-refractivity contribution is 6.02. The Hall–Kier alpha value is -4.13. The third-order valence-corrected chi connectivity index (χ3v) is 6.58. The lowest BCUT2D eigenvalue weighted by Gasteiger charge is -2.12. The van der Waals surface area contributed by atoms with Gasteiger partial charge in [-0.2, -0.15) is 0 Å². The highest BCUT2D eigenvalue weighted by Crippen LogP contribution is 2.27. The van der Waals surface area contributed by atoms with Crippen LogP contribution in [0.3, 0.4) is 0 Å². The van der Waals surface area contributed by atoms with Crippen LogP contribution in [0.5, 0.6) is 0 Å². The fourth-order valence-electron chi connectivity index (χ4n) is 4.45. The number of benzene rings is 2. The molecule has 0 fully saturated rings. The van der Waals surface area contributed by atoms with Crippen LogP contribution in [0.4, 0.5) is 0 Å². The lowest BCUT2D eigenvalue weighted by atomic mass is 9.94. The van der Waals surface area contributed by atoms with Gasteiger partial charge in [0.2, 0.25) is 0 Å². The fraction of sp³-hybridized carbons (Fsp3) is 0.344. The van der Waals surface area contributed by atoms with Gasteiger partial charge in [-0.05, 0) is 66.8 Å². The number of rotatable bonds is 10. The van der Waals surface area contributed by atoms with Crippen molar-refractivity contribution in [3.05, 3.63) is 94.9 Å². The molecule has 0 aliphatic carbocycles. The molecule has 206 valence electrons. The first-order valence-corrected chi connectivity index (χ1v) is 13.5. The van der Waals surface area contributed by atoms with Crippen molar-refractivity contribution in [2.24, 2.45) is 26.2 Å². The number of aliphatic imine (C=N–C) groups is 2. The monoisotopic (exact) mass is 525 g/mol. The summed E-state index contributed by atoms with van der Waals surface area (Å²) in [5.41, 5.74) is 8.76. The van der Waals surface area contributed by atoms with E-state index in [4.69, 9.17) is 16.2 Å². The van der Waals surface area contributed by atoms with Crippen molar-refractivity contribution in [3.63, 3.8) is 0 Å². The van der Waals surface area contributed by atoms with Gasteiger partial charge in [0.15, 0.2) is 5.84 Å². The zero-order valence-corrected chi connectivity index (χ0v) is 24.2. The molecule has 0 aromatic heterocycles. The molecule has 0 atom stereocenters. The van der Waals surface area contributed by atoms with Crippen molar-refractivity contribution in [2.45, 2.75) is 59.8 Å². The van der Waals surface area contributed by atoms with Gasteiger partial charge in [0.25, 0.3) is 0 Å². The van der Waals surface area contributed by atoms with Gasteiger partial charge in [-0.3, -0.25) is 10.4 Å². The lowest BCUT2D eigenvalue weighted by molar-refractivity contribution is 0.561. The SMILES string of the molecule is C=CC/C(=C/C(C)=C1\CN(C)C(CCC)=N1)N=C.CCc1ccc(-c2ccccc2C(=N)N=NN)cc1CC. The molecule has 39 heavy (non-hydrogen) atoms. The van der Waals surface area contributed by atoms with Crippen molar-refractivity contribution in [1.29, 1.82) is 5.41 Å². The average molecular weight is 526 g/mol. The van der Waals surface area contributed by atoms with E-state index in [0.717, 1.165) is 72.3 Å². The molecule has 1 aliphatic heterocycles. The minimum atomic E-state index is 0.0747. The van der Waals surface area contributed by atoms with Gasteiger partial charge in [-0.25, -0.2) is 4.99 Å². The van der Waals surface area contributed by atoms with Gasteiger partial charge in [0.1, 0.15) is 5.84 Å². The van der Waals surface area contributed by atoms with Crippen LogP contribution in [-0.2, 0) is 12.8 Å². The van der Waals surface area contributed by atoms with Crippen LogP contribution in [0.25, 0.3) is 11.1 Å². The standard InChI is InChI=1S/C17H20N4.C15H23N3/c1-3-12-9-10-14(11-13(12)4-2)15-7-5-6-8-16(15)17(18)20-21-19;1-6-8-13(16-4)10-12(3)14-11-18(5)15(17-14)9-7-2/h5-11H,3-4H2,1-2H3,(H3,18,19,20);6,10H,1,4,7-9,11H2,2-3,5H3/b;13-10-,14-12+. The molecular weight excluding hydrogens is 482 g/mol. The number of nitrogens with one attached hydrogen (secondary N) is 1. The summed E-state index contributed by atoms with van der Waals surface area (Å²) in [6.45, 7) is 16.8. The van der Waals surface area contributed by atoms with E-state index in [1.54, 1.807) is 0 Å². The Labute approximate surface area is 234 Å². The minimum Gasteiger partial charge on any atom is -0.357 e. The Morgan fingerprint density at radius 3 is 2.46 bits per heavy atom. The van der Waals surface area contributed by atoms with E-state index in [2.05, 4.69) is 92.5 Å². The van der Waals surface area contributed by atoms with Gasteiger partial charge in [-0.15, -0.1) is 11.7 Å². The lowest BCUT2D eigenvalue weighted by Crippen LogP contribution is -2.21. The molecule has 3 N–H and O–H groups in total. The molecule has 0 saturated heterocycles. The van der Waals surface area contributed by atoms with E-state index in [-0.39, 0.29) is 5.84 Å². The Morgan fingerprint density at radius 1 is 1.13 bits per heavy atom. The molecule has 7 heteroatoms. The normalized spacial score (nSPS) is 14.5. The van der Waals surface area contributed by atoms with E-state index in [1.807, 2.05) is 30.3 Å². The topological polar surface area (TPSA) is 103 Å². The van der Waals surface area contributed by atoms with Crippen LogP contribution in [0, 0.1) is 5.41 Å². The first-order valence-electron chi connectivity index (χ1n) is 13.5. The van der Waals surface area contributed by atoms with Gasteiger partial charge >= 0.3 is 0 Å². The zero-order chi connectivity index (χ0) is 28.8. The molecule has 0 spiro atoms. The molecule has 0 unspecified atom stereocenters. The maximum absolute atomic E-state index is 7.96. The summed E-state index contributed by atoms with van der Waals surface area (Å²) in [5.74, 6) is 6.31. The molecule has 0 bridgehead atoms. The molecule has 1 heterocycles. The molecule has 0 amide bonds. The number of allylic oxidation sites excluding steroid dienone is 3. The minimum absolute atomic E-state index is 0.0747. The Morgan fingerprint density at radius 2 is 1.85 bits per heavy atom. The maximum Gasteiger partial charge on any atom is 0.176 e. The van der Waals surface area contributed by atoms with Crippen LogP contribution in [0.15, 0.2) is 98.5 Å². The number of amidine groups is 2. The second-order valence-electron chi connectivity index (χ2n) is 9.35. The number of hydrogen-bond donors (Lipinski definition) is 2. The first kappa shape index (κ1) is 31.1. The second kappa shape index (κ2) is 16.0. The van der Waals surface area contributed by atoms with E-state index in [9.17, 15) is 0 Å². The summed E-state index contributed by atoms with van der Waals surface area (Å²) in [6.07, 6.45) is 8.83. The number of hydrogen-bond acceptors (Lipinski definition) is 5. The van der Waals surface area contributed by atoms with Crippen LogP contribution >= 0.6 is 0 Å². The second-order valence-corrected chi connectivity index (χ2v) is 9.35. The number of nitrogens with zero attached hydrogens (tertiary/aromatic N) is 5. The molecule has 3 rings (SSSR count). The molecule has 2 aromatic rings. The molecule has 0 saturated carbocycles. The highest BCUT2D eigenvalue weighted by atomic mass is 15.3. The van der Waals surface area contributed by atoms with Crippen molar-refractivity contribution in [3.8, 4) is 11.1 Å². The molecule has 0 radical (unpaired) electrons. The number of likely N-dealkylation sites (N-methyl/N-ethyl adjacent to an activating group) is 1. The van der Waals surface area contributed by atoms with Crippen molar-refractivity contribution < 1.29 is 0 Å². The third kappa shape index (κ3) is 8.70. The Bertz CT molecular complexity index is 1280. The van der Waals surface area contributed by atoms with Gasteiger partial charge < -0.3 is 10.7 Å². The Kier molecular flexibility index (Phi) is 12.7. The summed E-state index contributed by atoms with van der Waals surface area (Å²) < 4.78 is 0. The van der Waals surface area contributed by atoms with Gasteiger partial charge in [0.05, 0.1) is 12.2 Å². The van der Waals surface area contributed by atoms with Gasteiger partial charge in [-0.1, -0.05) is 74.5 Å². The highest BCUT2D eigenvalue weighted by Gasteiger charge is 2.17. The van der Waals surface area contributed by atoms with E-state index < -0.39 is 0 Å². The molecule has 2 aromatic carbocycles. The van der Waals surface area contributed by atoms with Crippen LogP contribution < -0.4 is 5.84 Å². The molecule has 1 aliphatic rings. The van der Waals surface area contributed by atoms with Crippen molar-refractivity contribution in [2.75, 3.05) is 13.6 Å². The van der Waals surface area contributed by atoms with Crippen molar-refractivity contribution >= 4 is 18.4 Å². The van der Waals surface area contributed by atoms with Crippen LogP contribution in [0.1, 0.15) is 63.6 Å². The Balaban J connectivity index is 0.000000277. The zero-order valence-electron chi connectivity index (χ0n) is 24.2. The summed E-state index contributed by atoms with van der Waals surface area (Å²) in [4.78, 5) is 10.9. The van der Waals surface area contributed by atoms with E-state index in [0.29, 0.717) is 0 Å². The smallest absolute Gasteiger partial charge is 0.176 e. The number of nitrogens with two attached hydrogens (primary N) is 1. The molecule has 7 nitrogen and oxygen atoms in total. The predicted molar refractivity (Wildman–Crippen MR) is 167 cm³/mol. The first-order chi connectivity index (χ1) is 18.8. The summed E-state index contributed by atoms with van der Waals surface area (Å²) in [6, 6.07) is 14.2. The van der Waals surface area contributed by atoms with E-state index in [1.165, 1.54) is 17.0 Å². The fourth-order valence-corrected chi connectivity index (χ4v) is 4.45. The molecular formula is C32H43N7. The number of aryl methyl sites for hydroxylation is 2. The van der Waals surface area contributed by atoms with Crippen LogP contribution in [0.2, 0.25) is 0 Å².